The first-order valence-corrected chi connectivity index (χ1v) is 3.50. The van der Waals surface area contributed by atoms with Gasteiger partial charge in [0.15, 0.2) is 0 Å². The number of aromatic nitrogens is 2. The van der Waals surface area contributed by atoms with E-state index < -0.39 is 0 Å². The largest absolute Gasteiger partial charge is 0.391 e. The first kappa shape index (κ1) is 6.44. The van der Waals surface area contributed by atoms with Crippen LogP contribution in [-0.4, -0.2) is 21.0 Å². The Morgan fingerprint density at radius 3 is 3.36 bits per heavy atom. The lowest BCUT2D eigenvalue weighted by molar-refractivity contribution is 0.172. The molecule has 0 saturated carbocycles. The standard InChI is InChI=1S/C8H8N2O/c1-2-6-4-9-10-5-7(11)3-8(6)10/h1,4,7,11H,3,5H2. The van der Waals surface area contributed by atoms with Gasteiger partial charge in [0.2, 0.25) is 0 Å². The van der Waals surface area contributed by atoms with E-state index in [4.69, 9.17) is 6.42 Å². The van der Waals surface area contributed by atoms with Gasteiger partial charge in [-0.25, -0.2) is 0 Å². The van der Waals surface area contributed by atoms with Gasteiger partial charge >= 0.3 is 0 Å². The minimum absolute atomic E-state index is 0.300. The van der Waals surface area contributed by atoms with Crippen LogP contribution in [0.15, 0.2) is 6.20 Å². The van der Waals surface area contributed by atoms with Crippen LogP contribution in [0.1, 0.15) is 11.3 Å². The van der Waals surface area contributed by atoms with E-state index >= 15 is 0 Å². The van der Waals surface area contributed by atoms with Gasteiger partial charge in [0, 0.05) is 6.42 Å². The quantitative estimate of drug-likeness (QED) is 0.516. The first-order chi connectivity index (χ1) is 5.31. The van der Waals surface area contributed by atoms with Crippen molar-refractivity contribution in [3.8, 4) is 12.3 Å². The molecule has 1 aliphatic rings. The maximum Gasteiger partial charge on any atom is 0.0791 e. The van der Waals surface area contributed by atoms with Crippen LogP contribution in [0.5, 0.6) is 0 Å². The summed E-state index contributed by atoms with van der Waals surface area (Å²) in [5.74, 6) is 2.53. The molecule has 0 spiro atoms. The third-order valence-electron chi connectivity index (χ3n) is 1.92. The van der Waals surface area contributed by atoms with Crippen molar-refractivity contribution in [2.24, 2.45) is 0 Å². The van der Waals surface area contributed by atoms with E-state index in [1.54, 1.807) is 10.9 Å². The summed E-state index contributed by atoms with van der Waals surface area (Å²) in [5, 5.41) is 13.3. The second kappa shape index (κ2) is 2.11. The zero-order valence-electron chi connectivity index (χ0n) is 5.99. The van der Waals surface area contributed by atoms with Gasteiger partial charge < -0.3 is 5.11 Å². The molecule has 11 heavy (non-hydrogen) atoms. The number of nitrogens with zero attached hydrogens (tertiary/aromatic N) is 2. The Morgan fingerprint density at radius 2 is 2.64 bits per heavy atom. The van der Waals surface area contributed by atoms with Crippen molar-refractivity contribution in [2.75, 3.05) is 0 Å². The van der Waals surface area contributed by atoms with Crippen LogP contribution in [0.2, 0.25) is 0 Å². The lowest BCUT2D eigenvalue weighted by atomic mass is 10.2. The summed E-state index contributed by atoms with van der Waals surface area (Å²) in [6.45, 7) is 0.580. The van der Waals surface area contributed by atoms with Crippen LogP contribution in [0, 0.1) is 12.3 Å². The fourth-order valence-corrected chi connectivity index (χ4v) is 1.39. The number of aliphatic hydroxyl groups excluding tert-OH is 1. The lowest BCUT2D eigenvalue weighted by Gasteiger charge is -1.94. The molecule has 0 bridgehead atoms. The SMILES string of the molecule is C#Cc1cnn2c1CC(O)C2. The van der Waals surface area contributed by atoms with Gasteiger partial charge in [-0.2, -0.15) is 5.10 Å². The van der Waals surface area contributed by atoms with E-state index in [-0.39, 0.29) is 6.10 Å². The zero-order valence-corrected chi connectivity index (χ0v) is 5.99. The van der Waals surface area contributed by atoms with Crippen LogP contribution in [0.25, 0.3) is 0 Å². The average molecular weight is 148 g/mol. The summed E-state index contributed by atoms with van der Waals surface area (Å²) in [7, 11) is 0. The molecule has 3 nitrogen and oxygen atoms in total. The number of terminal acetylenes is 1. The molecule has 1 N–H and O–H groups in total. The summed E-state index contributed by atoms with van der Waals surface area (Å²) in [6.07, 6.45) is 7.23. The van der Waals surface area contributed by atoms with E-state index in [0.29, 0.717) is 13.0 Å². The molecule has 0 aromatic carbocycles. The summed E-state index contributed by atoms with van der Waals surface area (Å²) in [6, 6.07) is 0. The van der Waals surface area contributed by atoms with E-state index in [1.807, 2.05) is 0 Å². The predicted octanol–water partition coefficient (Wildman–Crippen LogP) is -0.219. The van der Waals surface area contributed by atoms with Crippen LogP contribution in [0.3, 0.4) is 0 Å². The van der Waals surface area contributed by atoms with E-state index in [9.17, 15) is 5.11 Å². The number of hydrogen-bond donors (Lipinski definition) is 1. The highest BCUT2D eigenvalue weighted by atomic mass is 16.3. The number of aliphatic hydroxyl groups is 1. The van der Waals surface area contributed by atoms with Gasteiger partial charge in [0.1, 0.15) is 0 Å². The van der Waals surface area contributed by atoms with Gasteiger partial charge in [0.25, 0.3) is 0 Å². The maximum atomic E-state index is 9.23. The second-order valence-corrected chi connectivity index (χ2v) is 2.69. The minimum atomic E-state index is -0.300. The summed E-state index contributed by atoms with van der Waals surface area (Å²) >= 11 is 0. The van der Waals surface area contributed by atoms with Gasteiger partial charge in [0.05, 0.1) is 30.1 Å². The van der Waals surface area contributed by atoms with Crippen molar-refractivity contribution in [2.45, 2.75) is 19.1 Å². The molecule has 0 amide bonds. The predicted molar refractivity (Wildman–Crippen MR) is 39.9 cm³/mol. The summed E-state index contributed by atoms with van der Waals surface area (Å²) in [5.41, 5.74) is 1.79. The number of hydrogen-bond acceptors (Lipinski definition) is 2. The van der Waals surface area contributed by atoms with Crippen LogP contribution in [0.4, 0.5) is 0 Å². The Hall–Kier alpha value is -1.27. The van der Waals surface area contributed by atoms with Crippen LogP contribution in [-0.2, 0) is 13.0 Å². The Balaban J connectivity index is 2.46. The molecule has 1 atom stereocenters. The summed E-state index contributed by atoms with van der Waals surface area (Å²) in [4.78, 5) is 0. The number of fused-ring (bicyclic) bond motifs is 1. The molecular formula is C8H8N2O. The first-order valence-electron chi connectivity index (χ1n) is 3.50. The number of rotatable bonds is 0. The molecule has 1 aliphatic heterocycles. The monoisotopic (exact) mass is 148 g/mol. The van der Waals surface area contributed by atoms with Crippen molar-refractivity contribution in [3.63, 3.8) is 0 Å². The van der Waals surface area contributed by atoms with Gasteiger partial charge in [-0.3, -0.25) is 4.68 Å². The van der Waals surface area contributed by atoms with Crippen LogP contribution >= 0.6 is 0 Å². The highest BCUT2D eigenvalue weighted by Crippen LogP contribution is 2.17. The molecule has 0 aliphatic carbocycles. The topological polar surface area (TPSA) is 38.0 Å². The zero-order chi connectivity index (χ0) is 7.84. The molecule has 0 radical (unpaired) electrons. The van der Waals surface area contributed by atoms with Gasteiger partial charge in [-0.05, 0) is 0 Å². The molecule has 2 rings (SSSR count). The Labute approximate surface area is 64.7 Å². The Bertz CT molecular complexity index is 321. The third-order valence-corrected chi connectivity index (χ3v) is 1.92. The van der Waals surface area contributed by atoms with Crippen molar-refractivity contribution in [1.82, 2.24) is 9.78 Å². The van der Waals surface area contributed by atoms with Crippen molar-refractivity contribution < 1.29 is 5.11 Å². The summed E-state index contributed by atoms with van der Waals surface area (Å²) < 4.78 is 1.76. The normalized spacial score (nSPS) is 21.3. The van der Waals surface area contributed by atoms with E-state index in [1.165, 1.54) is 0 Å². The fraction of sp³-hybridized carbons (Fsp3) is 0.375. The molecule has 1 aromatic heterocycles. The van der Waals surface area contributed by atoms with Gasteiger partial charge in [-0.15, -0.1) is 6.42 Å². The fourth-order valence-electron chi connectivity index (χ4n) is 1.39. The van der Waals surface area contributed by atoms with Gasteiger partial charge in [-0.1, -0.05) is 5.92 Å². The Kier molecular flexibility index (Phi) is 1.23. The molecule has 56 valence electrons. The maximum absolute atomic E-state index is 9.23. The van der Waals surface area contributed by atoms with Crippen molar-refractivity contribution in [3.05, 3.63) is 17.5 Å². The Morgan fingerprint density at radius 1 is 1.82 bits per heavy atom. The van der Waals surface area contributed by atoms with E-state index in [0.717, 1.165) is 11.3 Å². The average Bonchev–Trinajstić information content (AvgIpc) is 2.45. The molecule has 3 heteroatoms. The second-order valence-electron chi connectivity index (χ2n) is 2.69. The molecular weight excluding hydrogens is 140 g/mol. The highest BCUT2D eigenvalue weighted by molar-refractivity contribution is 5.36. The van der Waals surface area contributed by atoms with E-state index in [2.05, 4.69) is 11.0 Å². The minimum Gasteiger partial charge on any atom is -0.391 e. The smallest absolute Gasteiger partial charge is 0.0791 e. The van der Waals surface area contributed by atoms with Crippen molar-refractivity contribution in [1.29, 1.82) is 0 Å². The molecule has 1 aromatic rings. The van der Waals surface area contributed by atoms with Crippen LogP contribution < -0.4 is 0 Å². The lowest BCUT2D eigenvalue weighted by Crippen LogP contribution is -2.07. The molecule has 0 fully saturated rings. The highest BCUT2D eigenvalue weighted by Gasteiger charge is 2.22. The molecule has 2 heterocycles. The molecule has 1 unspecified atom stereocenters. The third kappa shape index (κ3) is 0.837. The van der Waals surface area contributed by atoms with Crippen molar-refractivity contribution >= 4 is 0 Å². The molecule has 0 saturated heterocycles.